The molecule has 0 N–H and O–H groups in total. The molecule has 0 aromatic heterocycles. The second kappa shape index (κ2) is 4.40. The van der Waals surface area contributed by atoms with Gasteiger partial charge >= 0.3 is 5.97 Å². The second-order valence-electron chi connectivity index (χ2n) is 6.62. The van der Waals surface area contributed by atoms with Crippen LogP contribution >= 0.6 is 0 Å². The normalized spacial score (nSPS) is 43.8. The Morgan fingerprint density at radius 3 is 2.42 bits per heavy atom. The van der Waals surface area contributed by atoms with Crippen LogP contribution in [0.4, 0.5) is 8.78 Å². The molecule has 0 radical (unpaired) electrons. The van der Waals surface area contributed by atoms with Gasteiger partial charge in [0.2, 0.25) is 0 Å². The van der Waals surface area contributed by atoms with Gasteiger partial charge in [0.15, 0.2) is 6.61 Å². The lowest BCUT2D eigenvalue weighted by Crippen LogP contribution is -2.59. The molecular weight excluding hydrogens is 254 g/mol. The Hall–Kier alpha value is -0.710. The molecule has 0 aliphatic heterocycles. The van der Waals surface area contributed by atoms with E-state index in [2.05, 4.69) is 0 Å². The predicted octanol–water partition coefficient (Wildman–Crippen LogP) is 2.78. The monoisotopic (exact) mass is 274 g/mol. The Morgan fingerprint density at radius 1 is 1.26 bits per heavy atom. The van der Waals surface area contributed by atoms with E-state index in [9.17, 15) is 13.6 Å². The van der Waals surface area contributed by atoms with Crippen molar-refractivity contribution < 1.29 is 23.0 Å². The number of alkyl halides is 2. The fraction of sp³-hybridized carbons (Fsp3) is 0.929. The highest BCUT2D eigenvalue weighted by molar-refractivity contribution is 5.77. The summed E-state index contributed by atoms with van der Waals surface area (Å²) < 4.78 is 34.9. The van der Waals surface area contributed by atoms with Crippen molar-refractivity contribution in [2.24, 2.45) is 17.3 Å². The number of methoxy groups -OCH3 is 1. The van der Waals surface area contributed by atoms with Crippen LogP contribution in [-0.2, 0) is 14.3 Å². The molecule has 0 aromatic rings. The third-order valence-electron chi connectivity index (χ3n) is 5.21. The molecule has 3 nitrogen and oxygen atoms in total. The summed E-state index contributed by atoms with van der Waals surface area (Å²) in [5, 5.41) is 0. The zero-order valence-electron chi connectivity index (χ0n) is 11.2. The molecule has 4 bridgehead atoms. The predicted molar refractivity (Wildman–Crippen MR) is 63.8 cm³/mol. The first-order chi connectivity index (χ1) is 8.97. The highest BCUT2D eigenvalue weighted by Crippen LogP contribution is 2.63. The highest BCUT2D eigenvalue weighted by Gasteiger charge is 2.61. The lowest BCUT2D eigenvalue weighted by molar-refractivity contribution is -0.205. The van der Waals surface area contributed by atoms with E-state index >= 15 is 0 Å². The molecule has 5 heteroatoms. The van der Waals surface area contributed by atoms with Crippen LogP contribution in [0.25, 0.3) is 0 Å². The number of carbonyl (C=O) groups excluding carboxylic acids is 1. The molecule has 4 aliphatic carbocycles. The SMILES string of the molecule is COC12CC3CC(C1)CC(C(=O)OCC(F)F)(C3)C2. The molecule has 2 atom stereocenters. The van der Waals surface area contributed by atoms with Gasteiger partial charge in [-0.25, -0.2) is 8.78 Å². The summed E-state index contributed by atoms with van der Waals surface area (Å²) in [6.45, 7) is -0.782. The molecular formula is C14H20F2O3. The standard InChI is InChI=1S/C14H20F2O3/c1-18-14-5-9-2-10(6-14)4-13(3-9,8-14)12(17)19-7-11(15)16/h9-11H,2-8H2,1H3. The summed E-state index contributed by atoms with van der Waals surface area (Å²) in [5.41, 5.74) is -0.775. The van der Waals surface area contributed by atoms with Gasteiger partial charge in [-0.1, -0.05) is 0 Å². The Balaban J connectivity index is 1.78. The van der Waals surface area contributed by atoms with Gasteiger partial charge in [0, 0.05) is 7.11 Å². The molecule has 0 heterocycles. The van der Waals surface area contributed by atoms with Crippen LogP contribution in [0.2, 0.25) is 0 Å². The Kier molecular flexibility index (Phi) is 3.08. The van der Waals surface area contributed by atoms with Crippen molar-refractivity contribution in [1.82, 2.24) is 0 Å². The van der Waals surface area contributed by atoms with Gasteiger partial charge in [0.1, 0.15) is 0 Å². The van der Waals surface area contributed by atoms with E-state index in [1.54, 1.807) is 7.11 Å². The van der Waals surface area contributed by atoms with E-state index in [1.165, 1.54) is 0 Å². The van der Waals surface area contributed by atoms with E-state index in [0.717, 1.165) is 32.1 Å². The maximum Gasteiger partial charge on any atom is 0.312 e. The Bertz CT molecular complexity index is 369. The maximum atomic E-state index is 12.2. The van der Waals surface area contributed by atoms with Crippen molar-refractivity contribution >= 4 is 5.97 Å². The Labute approximate surface area is 111 Å². The third-order valence-corrected chi connectivity index (χ3v) is 5.21. The van der Waals surface area contributed by atoms with Crippen LogP contribution in [0.5, 0.6) is 0 Å². The molecule has 108 valence electrons. The maximum absolute atomic E-state index is 12.2. The molecule has 4 rings (SSSR count). The van der Waals surface area contributed by atoms with Crippen molar-refractivity contribution in [3.63, 3.8) is 0 Å². The zero-order chi connectivity index (χ0) is 13.7. The van der Waals surface area contributed by atoms with E-state index in [-0.39, 0.29) is 5.60 Å². The van der Waals surface area contributed by atoms with Crippen molar-refractivity contribution in [2.75, 3.05) is 13.7 Å². The van der Waals surface area contributed by atoms with Crippen molar-refractivity contribution in [2.45, 2.75) is 50.6 Å². The first-order valence-electron chi connectivity index (χ1n) is 6.97. The van der Waals surface area contributed by atoms with E-state index in [4.69, 9.17) is 9.47 Å². The number of hydrogen-bond donors (Lipinski definition) is 0. The average Bonchev–Trinajstić information content (AvgIpc) is 2.34. The van der Waals surface area contributed by atoms with Gasteiger partial charge in [-0.05, 0) is 50.4 Å². The lowest BCUT2D eigenvalue weighted by Gasteiger charge is -2.60. The number of hydrogen-bond acceptors (Lipinski definition) is 3. The van der Waals surface area contributed by atoms with E-state index < -0.39 is 24.4 Å². The minimum absolute atomic E-state index is 0.214. The van der Waals surface area contributed by atoms with Crippen LogP contribution in [0.3, 0.4) is 0 Å². The number of carbonyl (C=O) groups is 1. The van der Waals surface area contributed by atoms with Crippen LogP contribution in [-0.4, -0.2) is 31.7 Å². The molecule has 0 spiro atoms. The fourth-order valence-electron chi connectivity index (χ4n) is 4.95. The largest absolute Gasteiger partial charge is 0.459 e. The van der Waals surface area contributed by atoms with E-state index in [1.807, 2.05) is 0 Å². The fourth-order valence-corrected chi connectivity index (χ4v) is 4.95. The smallest absolute Gasteiger partial charge is 0.312 e. The number of halogens is 2. The second-order valence-corrected chi connectivity index (χ2v) is 6.62. The zero-order valence-corrected chi connectivity index (χ0v) is 11.2. The van der Waals surface area contributed by atoms with Crippen LogP contribution in [0.15, 0.2) is 0 Å². The summed E-state index contributed by atoms with van der Waals surface area (Å²) in [6.07, 6.45) is 2.79. The van der Waals surface area contributed by atoms with Gasteiger partial charge < -0.3 is 9.47 Å². The number of rotatable bonds is 4. The molecule has 19 heavy (non-hydrogen) atoms. The lowest BCUT2D eigenvalue weighted by atomic mass is 9.48. The minimum Gasteiger partial charge on any atom is -0.459 e. The number of esters is 1. The van der Waals surface area contributed by atoms with Crippen LogP contribution < -0.4 is 0 Å². The van der Waals surface area contributed by atoms with Gasteiger partial charge in [-0.15, -0.1) is 0 Å². The topological polar surface area (TPSA) is 35.5 Å². The first-order valence-corrected chi connectivity index (χ1v) is 6.97. The van der Waals surface area contributed by atoms with Crippen molar-refractivity contribution in [1.29, 1.82) is 0 Å². The summed E-state index contributed by atoms with van der Waals surface area (Å²) >= 11 is 0. The van der Waals surface area contributed by atoms with E-state index in [0.29, 0.717) is 18.3 Å². The number of ether oxygens (including phenoxy) is 2. The summed E-state index contributed by atoms with van der Waals surface area (Å²) in [7, 11) is 1.70. The average molecular weight is 274 g/mol. The Morgan fingerprint density at radius 2 is 1.89 bits per heavy atom. The van der Waals surface area contributed by atoms with Crippen LogP contribution in [0, 0.1) is 17.3 Å². The molecule has 4 saturated carbocycles. The molecule has 4 aliphatic rings. The summed E-state index contributed by atoms with van der Waals surface area (Å²) in [4.78, 5) is 12.2. The van der Waals surface area contributed by atoms with Gasteiger partial charge in [-0.3, -0.25) is 4.79 Å². The van der Waals surface area contributed by atoms with Gasteiger partial charge in [0.05, 0.1) is 11.0 Å². The van der Waals surface area contributed by atoms with Gasteiger partial charge in [-0.2, -0.15) is 0 Å². The highest BCUT2D eigenvalue weighted by atomic mass is 19.3. The molecule has 0 amide bonds. The summed E-state index contributed by atoms with van der Waals surface area (Å²) in [6, 6.07) is 0. The molecule has 4 fully saturated rings. The molecule has 0 aromatic carbocycles. The van der Waals surface area contributed by atoms with Crippen LogP contribution in [0.1, 0.15) is 38.5 Å². The van der Waals surface area contributed by atoms with Gasteiger partial charge in [0.25, 0.3) is 6.43 Å². The minimum atomic E-state index is -2.59. The quantitative estimate of drug-likeness (QED) is 0.739. The molecule has 2 unspecified atom stereocenters. The molecule has 0 saturated heterocycles. The third kappa shape index (κ3) is 2.16. The first kappa shape index (κ1) is 13.3. The van der Waals surface area contributed by atoms with Crippen molar-refractivity contribution in [3.05, 3.63) is 0 Å². The summed E-state index contributed by atoms with van der Waals surface area (Å²) in [5.74, 6) is 0.545. The van der Waals surface area contributed by atoms with Crippen molar-refractivity contribution in [3.8, 4) is 0 Å².